The van der Waals surface area contributed by atoms with Crippen LogP contribution in [0.15, 0.2) is 48.5 Å². The molecular formula is C32H40ClN3O6. The summed E-state index contributed by atoms with van der Waals surface area (Å²) in [6.45, 7) is 6.48. The van der Waals surface area contributed by atoms with Crippen molar-refractivity contribution in [2.75, 3.05) is 25.5 Å². The topological polar surface area (TPSA) is 114 Å². The molecular weight excluding hydrogens is 558 g/mol. The van der Waals surface area contributed by atoms with Gasteiger partial charge in [-0.3, -0.25) is 9.59 Å². The highest BCUT2D eigenvalue weighted by Crippen LogP contribution is 2.38. The molecule has 2 aliphatic rings. The predicted octanol–water partition coefficient (Wildman–Crippen LogP) is 5.78. The molecule has 1 saturated heterocycles. The minimum absolute atomic E-state index is 0.00814. The number of halogens is 1. The zero-order valence-electron chi connectivity index (χ0n) is 24.7. The normalized spacial score (nSPS) is 22.3. The molecule has 10 heteroatoms. The predicted molar refractivity (Wildman–Crippen MR) is 160 cm³/mol. The van der Waals surface area contributed by atoms with Crippen molar-refractivity contribution in [1.29, 1.82) is 0 Å². The van der Waals surface area contributed by atoms with E-state index in [1.807, 2.05) is 51.1 Å². The van der Waals surface area contributed by atoms with Gasteiger partial charge in [-0.25, -0.2) is 9.59 Å². The summed E-state index contributed by atoms with van der Waals surface area (Å²) in [7, 11) is 1.27. The Morgan fingerprint density at radius 1 is 0.976 bits per heavy atom. The highest BCUT2D eigenvalue weighted by atomic mass is 35.5. The first-order valence-electron chi connectivity index (χ1n) is 14.5. The van der Waals surface area contributed by atoms with E-state index in [0.717, 1.165) is 18.4 Å². The maximum atomic E-state index is 13.9. The van der Waals surface area contributed by atoms with E-state index >= 15 is 0 Å². The molecule has 1 heterocycles. The number of rotatable bonds is 7. The summed E-state index contributed by atoms with van der Waals surface area (Å²) < 4.78 is 10.1. The average Bonchev–Trinajstić information content (AvgIpc) is 3.41. The van der Waals surface area contributed by atoms with E-state index in [2.05, 4.69) is 10.6 Å². The van der Waals surface area contributed by atoms with Crippen LogP contribution < -0.4 is 10.6 Å². The van der Waals surface area contributed by atoms with Gasteiger partial charge in [0.25, 0.3) is 0 Å². The Hall–Kier alpha value is -3.59. The molecule has 2 N–H and O–H groups in total. The summed E-state index contributed by atoms with van der Waals surface area (Å²) in [6.07, 6.45) is 3.26. The van der Waals surface area contributed by atoms with Gasteiger partial charge in [0.2, 0.25) is 11.8 Å². The molecule has 9 nitrogen and oxygen atoms in total. The van der Waals surface area contributed by atoms with E-state index in [4.69, 9.17) is 21.1 Å². The van der Waals surface area contributed by atoms with Gasteiger partial charge in [0.1, 0.15) is 11.6 Å². The van der Waals surface area contributed by atoms with Gasteiger partial charge in [0.05, 0.1) is 17.7 Å². The fraction of sp³-hybridized carbons (Fsp3) is 0.500. The highest BCUT2D eigenvalue weighted by molar-refractivity contribution is 6.34. The number of amides is 3. The van der Waals surface area contributed by atoms with Gasteiger partial charge in [-0.15, -0.1) is 0 Å². The van der Waals surface area contributed by atoms with Gasteiger partial charge in [-0.2, -0.15) is 0 Å². The number of carbonyl (C=O) groups is 4. The number of likely N-dealkylation sites (tertiary alicyclic amines) is 1. The van der Waals surface area contributed by atoms with Crippen molar-refractivity contribution in [3.8, 4) is 0 Å². The lowest BCUT2D eigenvalue weighted by atomic mass is 9.81. The van der Waals surface area contributed by atoms with Crippen molar-refractivity contribution in [3.63, 3.8) is 0 Å². The second-order valence-corrected chi connectivity index (χ2v) is 12.5. The van der Waals surface area contributed by atoms with E-state index in [-0.39, 0.29) is 40.2 Å². The van der Waals surface area contributed by atoms with Gasteiger partial charge in [-0.05, 0) is 82.6 Å². The molecule has 2 atom stereocenters. The Morgan fingerprint density at radius 2 is 1.67 bits per heavy atom. The van der Waals surface area contributed by atoms with E-state index < -0.39 is 23.7 Å². The number of nitrogens with zero attached hydrogens (tertiary/aromatic N) is 1. The summed E-state index contributed by atoms with van der Waals surface area (Å²) in [6, 6.07) is 13.7. The molecule has 0 bridgehead atoms. The molecule has 226 valence electrons. The highest BCUT2D eigenvalue weighted by Gasteiger charge is 2.44. The molecule has 0 aromatic heterocycles. The van der Waals surface area contributed by atoms with Crippen LogP contribution in [0.1, 0.15) is 74.7 Å². The van der Waals surface area contributed by atoms with Crippen LogP contribution in [0, 0.1) is 11.8 Å². The van der Waals surface area contributed by atoms with Crippen LogP contribution in [-0.4, -0.2) is 60.6 Å². The Balaban J connectivity index is 1.44. The van der Waals surface area contributed by atoms with Crippen LogP contribution in [0.3, 0.4) is 0 Å². The molecule has 1 aliphatic carbocycles. The Bertz CT molecular complexity index is 1290. The first-order valence-corrected chi connectivity index (χ1v) is 14.9. The van der Waals surface area contributed by atoms with Crippen LogP contribution in [0.2, 0.25) is 5.02 Å². The van der Waals surface area contributed by atoms with Crippen molar-refractivity contribution in [1.82, 2.24) is 10.2 Å². The van der Waals surface area contributed by atoms with Gasteiger partial charge in [0.15, 0.2) is 0 Å². The second-order valence-electron chi connectivity index (χ2n) is 12.1. The number of hydrogen-bond donors (Lipinski definition) is 2. The molecule has 0 radical (unpaired) electrons. The summed E-state index contributed by atoms with van der Waals surface area (Å²) >= 11 is 6.28. The Labute approximate surface area is 252 Å². The zero-order valence-corrected chi connectivity index (χ0v) is 25.4. The molecule has 1 aliphatic heterocycles. The summed E-state index contributed by atoms with van der Waals surface area (Å²) in [4.78, 5) is 53.4. The smallest absolute Gasteiger partial charge is 0.407 e. The number of alkyl carbamates (subject to hydrolysis) is 1. The third-order valence-electron chi connectivity index (χ3n) is 7.95. The summed E-state index contributed by atoms with van der Waals surface area (Å²) in [5.41, 5.74) is 1.09. The number of esters is 1. The minimum atomic E-state index is -0.689. The van der Waals surface area contributed by atoms with Crippen molar-refractivity contribution < 1.29 is 28.7 Å². The van der Waals surface area contributed by atoms with Crippen LogP contribution in [0.25, 0.3) is 0 Å². The van der Waals surface area contributed by atoms with Crippen molar-refractivity contribution in [2.24, 2.45) is 11.8 Å². The molecule has 0 unspecified atom stereocenters. The second kappa shape index (κ2) is 13.6. The van der Waals surface area contributed by atoms with E-state index in [9.17, 15) is 19.2 Å². The number of hydrogen-bond acceptors (Lipinski definition) is 6. The molecule has 4 rings (SSSR count). The molecule has 42 heavy (non-hydrogen) atoms. The quantitative estimate of drug-likeness (QED) is 0.391. The van der Waals surface area contributed by atoms with Crippen molar-refractivity contribution in [2.45, 2.75) is 70.4 Å². The van der Waals surface area contributed by atoms with Gasteiger partial charge in [0, 0.05) is 30.6 Å². The van der Waals surface area contributed by atoms with Gasteiger partial charge in [-0.1, -0.05) is 41.9 Å². The number of methoxy groups -OCH3 is 1. The van der Waals surface area contributed by atoms with Gasteiger partial charge >= 0.3 is 12.1 Å². The Morgan fingerprint density at radius 3 is 2.29 bits per heavy atom. The largest absolute Gasteiger partial charge is 0.465 e. The SMILES string of the molecule is COC(=O)c1ccc(NC(=O)[C@@H]2[C@H](c3ccccc3)CCN2C(=O)C2CCC(CNC(=O)OC(C)(C)C)CC2)cc1Cl. The van der Waals surface area contributed by atoms with Crippen LogP contribution in [0.5, 0.6) is 0 Å². The maximum absolute atomic E-state index is 13.9. The lowest BCUT2D eigenvalue weighted by molar-refractivity contribution is -0.141. The molecule has 2 fully saturated rings. The molecule has 3 amide bonds. The first-order chi connectivity index (χ1) is 20.0. The van der Waals surface area contributed by atoms with Crippen LogP contribution in [0.4, 0.5) is 10.5 Å². The number of carbonyl (C=O) groups excluding carboxylic acids is 4. The summed E-state index contributed by atoms with van der Waals surface area (Å²) in [5, 5.41) is 5.94. The third-order valence-corrected chi connectivity index (χ3v) is 8.26. The number of nitrogens with one attached hydrogen (secondary N) is 2. The molecule has 2 aromatic carbocycles. The number of ether oxygens (including phenoxy) is 2. The van der Waals surface area contributed by atoms with Crippen molar-refractivity contribution in [3.05, 3.63) is 64.7 Å². The molecule has 2 aromatic rings. The monoisotopic (exact) mass is 597 g/mol. The number of benzene rings is 2. The zero-order chi connectivity index (χ0) is 30.4. The minimum Gasteiger partial charge on any atom is -0.465 e. The lowest BCUT2D eigenvalue weighted by Gasteiger charge is -2.34. The lowest BCUT2D eigenvalue weighted by Crippen LogP contribution is -2.48. The summed E-state index contributed by atoms with van der Waals surface area (Å²) in [5.74, 6) is -0.937. The average molecular weight is 598 g/mol. The van der Waals surface area contributed by atoms with E-state index in [1.165, 1.54) is 19.2 Å². The fourth-order valence-electron chi connectivity index (χ4n) is 5.89. The molecule has 1 saturated carbocycles. The van der Waals surface area contributed by atoms with E-state index in [1.54, 1.807) is 11.0 Å². The fourth-order valence-corrected chi connectivity index (χ4v) is 6.15. The van der Waals surface area contributed by atoms with Gasteiger partial charge < -0.3 is 25.0 Å². The standard InChI is InChI=1S/C32H40ClN3O6/c1-32(2,3)42-31(40)34-19-20-10-12-22(13-11-20)29(38)36-17-16-24(21-8-6-5-7-9-21)27(36)28(37)35-23-14-15-25(26(33)18-23)30(39)41-4/h5-9,14-15,18,20,22,24,27H,10-13,16-17,19H2,1-4H3,(H,34,40)(H,35,37)/t20?,22?,24-,27-/m0/s1. The van der Waals surface area contributed by atoms with E-state index in [0.29, 0.717) is 38.0 Å². The van der Waals surface area contributed by atoms with Crippen LogP contribution >= 0.6 is 11.6 Å². The third kappa shape index (κ3) is 7.82. The van der Waals surface area contributed by atoms with Crippen LogP contribution in [-0.2, 0) is 19.1 Å². The van der Waals surface area contributed by atoms with Crippen molar-refractivity contribution >= 4 is 41.2 Å². The maximum Gasteiger partial charge on any atom is 0.407 e. The Kier molecular flexibility index (Phi) is 10.1. The first kappa shape index (κ1) is 31.3. The number of anilines is 1. The molecule has 0 spiro atoms.